The minimum Gasteiger partial charge on any atom is -0.497 e. The second-order valence-corrected chi connectivity index (χ2v) is 10.2. The molecule has 6 nitrogen and oxygen atoms in total. The van der Waals surface area contributed by atoms with Gasteiger partial charge in [0.25, 0.3) is 0 Å². The highest BCUT2D eigenvalue weighted by Gasteiger charge is 2.53. The Hall–Kier alpha value is -1.96. The highest BCUT2D eigenvalue weighted by Crippen LogP contribution is 2.48. The molecule has 1 spiro atoms. The van der Waals surface area contributed by atoms with Crippen LogP contribution in [0.15, 0.2) is 35.8 Å². The van der Waals surface area contributed by atoms with E-state index < -0.39 is 11.0 Å². The van der Waals surface area contributed by atoms with Gasteiger partial charge in [-0.2, -0.15) is 0 Å². The van der Waals surface area contributed by atoms with Crippen LogP contribution in [0.4, 0.5) is 0 Å². The molecule has 2 aliphatic heterocycles. The van der Waals surface area contributed by atoms with Crippen molar-refractivity contribution >= 4 is 17.2 Å². The van der Waals surface area contributed by atoms with E-state index in [0.717, 1.165) is 54.8 Å². The Labute approximate surface area is 187 Å². The molecule has 2 aromatic rings. The van der Waals surface area contributed by atoms with Crippen LogP contribution in [0.5, 0.6) is 5.75 Å². The molecule has 1 aromatic carbocycles. The molecule has 5 rings (SSSR count). The molecule has 0 bridgehead atoms. The Bertz CT molecular complexity index is 916. The van der Waals surface area contributed by atoms with Crippen LogP contribution in [-0.2, 0) is 20.5 Å². The van der Waals surface area contributed by atoms with Gasteiger partial charge >= 0.3 is 0 Å². The van der Waals surface area contributed by atoms with Crippen molar-refractivity contribution in [3.63, 3.8) is 0 Å². The topological polar surface area (TPSA) is 71.9 Å². The number of rotatable bonds is 4. The second kappa shape index (κ2) is 7.87. The van der Waals surface area contributed by atoms with Crippen LogP contribution in [0.1, 0.15) is 55.5 Å². The van der Waals surface area contributed by atoms with E-state index in [2.05, 4.69) is 17.1 Å². The quantitative estimate of drug-likeness (QED) is 0.783. The van der Waals surface area contributed by atoms with Gasteiger partial charge in [-0.05, 0) is 43.4 Å². The van der Waals surface area contributed by atoms with Gasteiger partial charge < -0.3 is 19.5 Å². The summed E-state index contributed by atoms with van der Waals surface area (Å²) in [5.74, 6) is 1.06. The van der Waals surface area contributed by atoms with Crippen molar-refractivity contribution in [2.45, 2.75) is 61.6 Å². The maximum atomic E-state index is 13.8. The molecular formula is C24H30N2O4S. The number of benzene rings is 1. The predicted octanol–water partition coefficient (Wildman–Crippen LogP) is 3.63. The third kappa shape index (κ3) is 3.56. The van der Waals surface area contributed by atoms with Crippen LogP contribution in [0, 0.1) is 0 Å². The molecule has 166 valence electrons. The summed E-state index contributed by atoms with van der Waals surface area (Å²) in [5.41, 5.74) is -0.683. The van der Waals surface area contributed by atoms with Crippen molar-refractivity contribution in [1.29, 1.82) is 0 Å². The Kier molecular flexibility index (Phi) is 5.31. The summed E-state index contributed by atoms with van der Waals surface area (Å²) < 4.78 is 11.5. The van der Waals surface area contributed by atoms with Gasteiger partial charge in [0.1, 0.15) is 16.4 Å². The number of methoxy groups -OCH3 is 1. The van der Waals surface area contributed by atoms with E-state index in [-0.39, 0.29) is 18.1 Å². The Morgan fingerprint density at radius 1 is 1.16 bits per heavy atom. The lowest BCUT2D eigenvalue weighted by atomic mass is 9.76. The van der Waals surface area contributed by atoms with Gasteiger partial charge in [-0.1, -0.05) is 25.0 Å². The molecule has 1 saturated carbocycles. The molecule has 3 aliphatic rings. The molecule has 31 heavy (non-hydrogen) atoms. The summed E-state index contributed by atoms with van der Waals surface area (Å²) in [7, 11) is 1.66. The largest absolute Gasteiger partial charge is 0.497 e. The Morgan fingerprint density at radius 3 is 2.48 bits per heavy atom. The highest BCUT2D eigenvalue weighted by molar-refractivity contribution is 7.09. The van der Waals surface area contributed by atoms with E-state index in [1.807, 2.05) is 22.4 Å². The number of piperidine rings is 1. The summed E-state index contributed by atoms with van der Waals surface area (Å²) in [4.78, 5) is 20.1. The normalized spacial score (nSPS) is 27.0. The van der Waals surface area contributed by atoms with Crippen molar-refractivity contribution in [3.8, 4) is 5.75 Å². The van der Waals surface area contributed by atoms with Gasteiger partial charge in [-0.25, -0.2) is 4.98 Å². The molecule has 0 unspecified atom stereocenters. The number of aromatic nitrogens is 1. The molecule has 1 atom stereocenters. The van der Waals surface area contributed by atoms with E-state index >= 15 is 0 Å². The van der Waals surface area contributed by atoms with Gasteiger partial charge in [0.2, 0.25) is 5.91 Å². The zero-order valence-corrected chi connectivity index (χ0v) is 18.8. The van der Waals surface area contributed by atoms with Crippen molar-refractivity contribution in [2.75, 3.05) is 26.8 Å². The monoisotopic (exact) mass is 442 g/mol. The smallest absolute Gasteiger partial charge is 0.233 e. The molecule has 2 saturated heterocycles. The number of carbonyl (C=O) groups is 1. The lowest BCUT2D eigenvalue weighted by Crippen LogP contribution is -2.52. The van der Waals surface area contributed by atoms with Gasteiger partial charge in [0, 0.05) is 31.1 Å². The molecule has 1 aliphatic carbocycles. The average Bonchev–Trinajstić information content (AvgIpc) is 3.56. The molecule has 1 N–H and O–H groups in total. The van der Waals surface area contributed by atoms with Crippen LogP contribution in [0.3, 0.4) is 0 Å². The second-order valence-electron chi connectivity index (χ2n) is 9.33. The highest BCUT2D eigenvalue weighted by atomic mass is 32.1. The van der Waals surface area contributed by atoms with Crippen LogP contribution in [-0.4, -0.2) is 53.3 Å². The first-order valence-corrected chi connectivity index (χ1v) is 12.1. The standard InChI is InChI=1S/C24H30N2O4S/c1-29-19-6-4-18(5-7-19)23(8-2-3-9-23)21(27)26-13-10-22(11-14-26)16-24(28,17-30-22)20-25-12-15-31-20/h4-7,12,15,28H,2-3,8-11,13-14,16-17H2,1H3/t24-/m0/s1. The molecule has 3 heterocycles. The predicted molar refractivity (Wildman–Crippen MR) is 118 cm³/mol. The molecular weight excluding hydrogens is 412 g/mol. The number of amides is 1. The Morgan fingerprint density at radius 2 is 1.87 bits per heavy atom. The SMILES string of the molecule is COc1ccc(C2(C(=O)N3CCC4(CC3)C[C@@](O)(c3nccs3)CO4)CCCC2)cc1. The number of nitrogens with zero attached hydrogens (tertiary/aromatic N) is 2. The summed E-state index contributed by atoms with van der Waals surface area (Å²) in [5, 5.41) is 13.7. The van der Waals surface area contributed by atoms with Crippen LogP contribution in [0.2, 0.25) is 0 Å². The minimum atomic E-state index is -1.00. The van der Waals surface area contributed by atoms with E-state index in [1.165, 1.54) is 11.3 Å². The molecule has 3 fully saturated rings. The maximum absolute atomic E-state index is 13.8. The summed E-state index contributed by atoms with van der Waals surface area (Å²) in [6.45, 7) is 1.62. The van der Waals surface area contributed by atoms with E-state index in [9.17, 15) is 9.90 Å². The van der Waals surface area contributed by atoms with Gasteiger partial charge in [0.15, 0.2) is 0 Å². The van der Waals surface area contributed by atoms with Gasteiger partial charge in [0.05, 0.1) is 24.7 Å². The average molecular weight is 443 g/mol. The number of aliphatic hydroxyl groups is 1. The van der Waals surface area contributed by atoms with Crippen molar-refractivity contribution in [3.05, 3.63) is 46.4 Å². The first-order valence-electron chi connectivity index (χ1n) is 11.2. The number of hydrogen-bond donors (Lipinski definition) is 1. The fourth-order valence-corrected chi connectivity index (χ4v) is 6.48. The zero-order chi connectivity index (χ0) is 21.5. The Balaban J connectivity index is 1.30. The fourth-order valence-electron chi connectivity index (χ4n) is 5.75. The fraction of sp³-hybridized carbons (Fsp3) is 0.583. The lowest BCUT2D eigenvalue weighted by molar-refractivity contribution is -0.142. The van der Waals surface area contributed by atoms with E-state index in [0.29, 0.717) is 19.5 Å². The van der Waals surface area contributed by atoms with E-state index in [1.54, 1.807) is 13.3 Å². The first-order chi connectivity index (χ1) is 15.0. The number of carbonyl (C=O) groups excluding carboxylic acids is 1. The maximum Gasteiger partial charge on any atom is 0.233 e. The number of ether oxygens (including phenoxy) is 2. The first kappa shape index (κ1) is 20.9. The zero-order valence-electron chi connectivity index (χ0n) is 18.0. The third-order valence-electron chi connectivity index (χ3n) is 7.53. The number of thiazole rings is 1. The van der Waals surface area contributed by atoms with Crippen molar-refractivity contribution < 1.29 is 19.4 Å². The summed E-state index contributed by atoms with van der Waals surface area (Å²) in [6.07, 6.45) is 7.76. The van der Waals surface area contributed by atoms with Gasteiger partial charge in [-0.15, -0.1) is 11.3 Å². The molecule has 1 aromatic heterocycles. The van der Waals surface area contributed by atoms with Crippen LogP contribution in [0.25, 0.3) is 0 Å². The van der Waals surface area contributed by atoms with Crippen LogP contribution >= 0.6 is 11.3 Å². The number of likely N-dealkylation sites (tertiary alicyclic amines) is 1. The van der Waals surface area contributed by atoms with Crippen molar-refractivity contribution in [1.82, 2.24) is 9.88 Å². The van der Waals surface area contributed by atoms with E-state index in [4.69, 9.17) is 9.47 Å². The van der Waals surface area contributed by atoms with Crippen molar-refractivity contribution in [2.24, 2.45) is 0 Å². The lowest BCUT2D eigenvalue weighted by Gasteiger charge is -2.42. The number of hydrogen-bond acceptors (Lipinski definition) is 6. The summed E-state index contributed by atoms with van der Waals surface area (Å²) in [6, 6.07) is 8.03. The molecule has 1 amide bonds. The molecule has 7 heteroatoms. The third-order valence-corrected chi connectivity index (χ3v) is 8.50. The van der Waals surface area contributed by atoms with Gasteiger partial charge in [-0.3, -0.25) is 4.79 Å². The minimum absolute atomic E-state index is 0.248. The molecule has 0 radical (unpaired) electrons. The summed E-state index contributed by atoms with van der Waals surface area (Å²) >= 11 is 1.47. The van der Waals surface area contributed by atoms with Crippen LogP contribution < -0.4 is 4.74 Å².